The van der Waals surface area contributed by atoms with Crippen LogP contribution in [0, 0.1) is 6.92 Å². The molecule has 21 heavy (non-hydrogen) atoms. The Hall–Kier alpha value is -1.65. The lowest BCUT2D eigenvalue weighted by atomic mass is 10.0. The van der Waals surface area contributed by atoms with Crippen molar-refractivity contribution in [3.8, 4) is 0 Å². The Labute approximate surface area is 126 Å². The number of hydrogen-bond donors (Lipinski definition) is 2. The molecule has 1 aliphatic rings. The summed E-state index contributed by atoms with van der Waals surface area (Å²) in [7, 11) is 0. The molecule has 0 saturated carbocycles. The summed E-state index contributed by atoms with van der Waals surface area (Å²) in [6.07, 6.45) is 6.31. The molecule has 0 amide bonds. The van der Waals surface area contributed by atoms with Crippen molar-refractivity contribution in [2.45, 2.75) is 32.4 Å². The van der Waals surface area contributed by atoms with Gasteiger partial charge >= 0.3 is 0 Å². The monoisotopic (exact) mass is 284 g/mol. The van der Waals surface area contributed by atoms with Crippen LogP contribution < -0.4 is 5.32 Å². The van der Waals surface area contributed by atoms with E-state index in [2.05, 4.69) is 51.4 Å². The number of nitrogens with zero attached hydrogens (tertiary/aromatic N) is 2. The van der Waals surface area contributed by atoms with Crippen LogP contribution in [0.1, 0.15) is 35.8 Å². The quantitative estimate of drug-likeness (QED) is 0.857. The molecule has 1 aromatic carbocycles. The highest BCUT2D eigenvalue weighted by Gasteiger charge is 2.23. The number of aryl methyl sites for hydroxylation is 1. The zero-order chi connectivity index (χ0) is 14.5. The van der Waals surface area contributed by atoms with E-state index in [9.17, 15) is 0 Å². The molecule has 0 bridgehead atoms. The first-order valence-electron chi connectivity index (χ1n) is 7.82. The first kappa shape index (κ1) is 14.3. The van der Waals surface area contributed by atoms with Crippen LogP contribution in [0.3, 0.4) is 0 Å². The molecule has 112 valence electrons. The lowest BCUT2D eigenvalue weighted by molar-refractivity contribution is 0.238. The molecule has 1 unspecified atom stereocenters. The smallest absolute Gasteiger partial charge is 0.120 e. The fourth-order valence-corrected chi connectivity index (χ4v) is 3.02. The number of H-pyrrole nitrogens is 1. The summed E-state index contributed by atoms with van der Waals surface area (Å²) in [5.74, 6) is 0.999. The highest BCUT2D eigenvalue weighted by atomic mass is 15.2. The van der Waals surface area contributed by atoms with E-state index in [4.69, 9.17) is 0 Å². The Morgan fingerprint density at radius 2 is 2.00 bits per heavy atom. The van der Waals surface area contributed by atoms with Crippen LogP contribution in [0.2, 0.25) is 0 Å². The van der Waals surface area contributed by atoms with Gasteiger partial charge in [0.1, 0.15) is 5.82 Å². The average molecular weight is 284 g/mol. The van der Waals surface area contributed by atoms with Crippen molar-refractivity contribution in [1.82, 2.24) is 20.2 Å². The molecule has 1 aromatic heterocycles. The van der Waals surface area contributed by atoms with Gasteiger partial charge in [0.25, 0.3) is 0 Å². The fraction of sp³-hybridized carbons (Fsp3) is 0.471. The minimum absolute atomic E-state index is 0.461. The van der Waals surface area contributed by atoms with Gasteiger partial charge in [-0.05, 0) is 38.4 Å². The molecule has 4 heteroatoms. The van der Waals surface area contributed by atoms with Crippen LogP contribution in [0.4, 0.5) is 0 Å². The molecule has 1 aliphatic heterocycles. The molecule has 0 spiro atoms. The molecule has 2 heterocycles. The summed E-state index contributed by atoms with van der Waals surface area (Å²) in [5, 5.41) is 3.54. The number of rotatable bonds is 6. The summed E-state index contributed by atoms with van der Waals surface area (Å²) in [5.41, 5.74) is 2.73. The molecule has 0 radical (unpaired) electrons. The number of aromatic nitrogens is 2. The fourth-order valence-electron chi connectivity index (χ4n) is 3.02. The van der Waals surface area contributed by atoms with Crippen LogP contribution in [-0.4, -0.2) is 34.5 Å². The van der Waals surface area contributed by atoms with Crippen molar-refractivity contribution >= 4 is 0 Å². The third-order valence-electron chi connectivity index (χ3n) is 4.23. The summed E-state index contributed by atoms with van der Waals surface area (Å²) in [4.78, 5) is 10.0. The Balaban J connectivity index is 1.65. The van der Waals surface area contributed by atoms with Gasteiger partial charge in [-0.25, -0.2) is 4.98 Å². The van der Waals surface area contributed by atoms with Crippen LogP contribution in [0.5, 0.6) is 0 Å². The zero-order valence-corrected chi connectivity index (χ0v) is 12.7. The van der Waals surface area contributed by atoms with Crippen LogP contribution >= 0.6 is 0 Å². The number of benzene rings is 1. The lowest BCUT2D eigenvalue weighted by Crippen LogP contribution is -2.34. The molecule has 3 rings (SSSR count). The molecular formula is C17H24N4. The van der Waals surface area contributed by atoms with Gasteiger partial charge in [0.05, 0.1) is 6.54 Å². The van der Waals surface area contributed by atoms with E-state index in [1.165, 1.54) is 37.1 Å². The molecule has 1 fully saturated rings. The van der Waals surface area contributed by atoms with Crippen LogP contribution in [-0.2, 0) is 6.54 Å². The predicted molar refractivity (Wildman–Crippen MR) is 85.0 cm³/mol. The molecule has 1 saturated heterocycles. The maximum absolute atomic E-state index is 4.26. The topological polar surface area (TPSA) is 44.0 Å². The molecular weight excluding hydrogens is 260 g/mol. The number of likely N-dealkylation sites (tertiary alicyclic amines) is 1. The van der Waals surface area contributed by atoms with Gasteiger partial charge in [0.2, 0.25) is 0 Å². The van der Waals surface area contributed by atoms with E-state index in [0.717, 1.165) is 18.9 Å². The maximum atomic E-state index is 4.26. The van der Waals surface area contributed by atoms with E-state index in [0.29, 0.717) is 6.04 Å². The number of aromatic amines is 1. The Morgan fingerprint density at radius 3 is 2.67 bits per heavy atom. The predicted octanol–water partition coefficient (Wildman–Crippen LogP) is 2.64. The summed E-state index contributed by atoms with van der Waals surface area (Å²) >= 11 is 0. The summed E-state index contributed by atoms with van der Waals surface area (Å²) < 4.78 is 0. The van der Waals surface area contributed by atoms with Crippen molar-refractivity contribution in [3.63, 3.8) is 0 Å². The number of nitrogens with one attached hydrogen (secondary N) is 2. The van der Waals surface area contributed by atoms with E-state index in [-0.39, 0.29) is 0 Å². The minimum atomic E-state index is 0.461. The Kier molecular flexibility index (Phi) is 4.68. The molecule has 4 nitrogen and oxygen atoms in total. The molecule has 2 aromatic rings. The zero-order valence-electron chi connectivity index (χ0n) is 12.7. The maximum Gasteiger partial charge on any atom is 0.120 e. The van der Waals surface area contributed by atoms with Gasteiger partial charge in [-0.2, -0.15) is 0 Å². The van der Waals surface area contributed by atoms with Gasteiger partial charge in [-0.15, -0.1) is 0 Å². The van der Waals surface area contributed by atoms with Gasteiger partial charge in [-0.1, -0.05) is 29.8 Å². The Bertz CT molecular complexity index is 526. The highest BCUT2D eigenvalue weighted by Crippen LogP contribution is 2.24. The lowest BCUT2D eigenvalue weighted by Gasteiger charge is -2.28. The largest absolute Gasteiger partial charge is 0.348 e. The van der Waals surface area contributed by atoms with E-state index in [1.807, 2.05) is 6.20 Å². The second kappa shape index (κ2) is 6.87. The van der Waals surface area contributed by atoms with E-state index in [1.54, 1.807) is 6.20 Å². The van der Waals surface area contributed by atoms with Gasteiger partial charge in [0, 0.05) is 25.0 Å². The van der Waals surface area contributed by atoms with Crippen LogP contribution in [0.25, 0.3) is 0 Å². The SMILES string of the molecule is Cc1ccc(C(CNCc2ncc[nH]2)N2CCCC2)cc1. The third-order valence-corrected chi connectivity index (χ3v) is 4.23. The average Bonchev–Trinajstić information content (AvgIpc) is 3.18. The second-order valence-corrected chi connectivity index (χ2v) is 5.84. The second-order valence-electron chi connectivity index (χ2n) is 5.84. The highest BCUT2D eigenvalue weighted by molar-refractivity contribution is 5.24. The Morgan fingerprint density at radius 1 is 1.24 bits per heavy atom. The number of imidazole rings is 1. The standard InChI is InChI=1S/C17H24N4/c1-14-4-6-15(7-5-14)16(21-10-2-3-11-21)12-18-13-17-19-8-9-20-17/h4-9,16,18H,2-3,10-13H2,1H3,(H,19,20). The van der Waals surface area contributed by atoms with Gasteiger partial charge in [0.15, 0.2) is 0 Å². The first-order chi connectivity index (χ1) is 10.3. The minimum Gasteiger partial charge on any atom is -0.348 e. The van der Waals surface area contributed by atoms with Crippen molar-refractivity contribution in [1.29, 1.82) is 0 Å². The number of hydrogen-bond acceptors (Lipinski definition) is 3. The van der Waals surface area contributed by atoms with Crippen molar-refractivity contribution in [2.24, 2.45) is 0 Å². The molecule has 2 N–H and O–H groups in total. The van der Waals surface area contributed by atoms with Crippen molar-refractivity contribution in [2.75, 3.05) is 19.6 Å². The van der Waals surface area contributed by atoms with Gasteiger partial charge < -0.3 is 10.3 Å². The summed E-state index contributed by atoms with van der Waals surface area (Å²) in [6.45, 7) is 6.32. The molecule has 0 aliphatic carbocycles. The molecule has 1 atom stereocenters. The normalized spacial score (nSPS) is 17.2. The van der Waals surface area contributed by atoms with E-state index >= 15 is 0 Å². The van der Waals surface area contributed by atoms with E-state index < -0.39 is 0 Å². The van der Waals surface area contributed by atoms with Crippen molar-refractivity contribution < 1.29 is 0 Å². The van der Waals surface area contributed by atoms with Gasteiger partial charge in [-0.3, -0.25) is 4.90 Å². The third kappa shape index (κ3) is 3.71. The summed E-state index contributed by atoms with van der Waals surface area (Å²) in [6, 6.07) is 9.43. The first-order valence-corrected chi connectivity index (χ1v) is 7.82. The van der Waals surface area contributed by atoms with Crippen LogP contribution in [0.15, 0.2) is 36.7 Å². The van der Waals surface area contributed by atoms with Crippen molar-refractivity contribution in [3.05, 3.63) is 53.6 Å².